The quantitative estimate of drug-likeness (QED) is 0.0290. The van der Waals surface area contributed by atoms with E-state index in [9.17, 15) is 13.2 Å². The molecule has 0 amide bonds. The average molecular weight is 983 g/mol. The summed E-state index contributed by atoms with van der Waals surface area (Å²) in [5, 5.41) is 0. The first-order valence-electron chi connectivity index (χ1n) is 24.4. The Bertz CT molecular complexity index is 2640. The normalized spacial score (nSPS) is 13.6. The van der Waals surface area contributed by atoms with Crippen molar-refractivity contribution in [1.82, 2.24) is 0 Å². The molecular formula is C61H71FO6S2. The molecule has 6 aromatic rings. The smallest absolute Gasteiger partial charge is 0.303 e. The van der Waals surface area contributed by atoms with Crippen LogP contribution in [0.4, 0.5) is 4.39 Å². The number of alkyl halides is 1. The highest BCUT2D eigenvalue weighted by Crippen LogP contribution is 2.50. The summed E-state index contributed by atoms with van der Waals surface area (Å²) in [6, 6.07) is 48.6. The number of benzene rings is 6. The molecule has 6 rings (SSSR count). The van der Waals surface area contributed by atoms with Crippen LogP contribution in [0.5, 0.6) is 5.75 Å². The number of hydrogen-bond acceptors (Lipinski definition) is 7. The maximum atomic E-state index is 17.6. The molecule has 70 heavy (non-hydrogen) atoms. The van der Waals surface area contributed by atoms with Crippen molar-refractivity contribution < 1.29 is 31.6 Å². The Balaban J connectivity index is 0.000000290. The number of sulfone groups is 1. The van der Waals surface area contributed by atoms with Crippen LogP contribution in [-0.4, -0.2) is 18.7 Å². The maximum Gasteiger partial charge on any atom is 0.303 e. The van der Waals surface area contributed by atoms with Gasteiger partial charge < -0.3 is 9.62 Å². The third-order valence-corrected chi connectivity index (χ3v) is 14.6. The van der Waals surface area contributed by atoms with Gasteiger partial charge in [0.15, 0.2) is 5.75 Å². The third-order valence-electron chi connectivity index (χ3n) is 11.2. The monoisotopic (exact) mass is 982 g/mol. The van der Waals surface area contributed by atoms with Gasteiger partial charge in [-0.1, -0.05) is 207 Å². The van der Waals surface area contributed by atoms with E-state index in [1.165, 1.54) is 35.7 Å². The largest absolute Gasteiger partial charge is 0.453 e. The van der Waals surface area contributed by atoms with Crippen LogP contribution in [-0.2, 0) is 49.4 Å². The number of carbonyl (C=O) groups excluding carboxylic acids is 1. The van der Waals surface area contributed by atoms with Crippen LogP contribution in [0.15, 0.2) is 175 Å². The van der Waals surface area contributed by atoms with Crippen LogP contribution < -0.4 is 4.89 Å². The highest BCUT2D eigenvalue weighted by Gasteiger charge is 2.54. The van der Waals surface area contributed by atoms with Gasteiger partial charge in [0.2, 0.25) is 9.84 Å². The lowest BCUT2D eigenvalue weighted by atomic mass is 9.95. The van der Waals surface area contributed by atoms with Crippen LogP contribution in [0.3, 0.4) is 0 Å². The second kappa shape index (κ2) is 27.0. The zero-order valence-corrected chi connectivity index (χ0v) is 43.9. The van der Waals surface area contributed by atoms with Gasteiger partial charge in [-0.05, 0) is 124 Å². The molecule has 9 heteroatoms. The van der Waals surface area contributed by atoms with E-state index in [0.717, 1.165) is 47.9 Å². The number of para-hydroxylation sites is 1. The second-order valence-electron chi connectivity index (χ2n) is 19.5. The summed E-state index contributed by atoms with van der Waals surface area (Å²) in [6.07, 6.45) is 10.9. The standard InChI is InChI=1S/C36H39FO4S2.C25H32O2/c1-27(2)25-30-17-15-29(16-18-30)21-24-35(32-22-19-31(20-23-32)26-28(3)4)36(37,42-41-40-33-11-7-5-8-12-33)43(38,39)34-13-9-6-10-14-34;1-18(2)16-22-8-6-21(7-9-22)12-15-25(27-20(5)26)24-13-10-23(11-14-24)17-19(3)4/h5-24,27-28,35H,25-26H2,1-4H3;6-15,18-19,25H,16-17H2,1-5H3/b24-21+;15-12+. The van der Waals surface area contributed by atoms with E-state index >= 15 is 4.39 Å². The minimum Gasteiger partial charge on any atom is -0.453 e. The van der Waals surface area contributed by atoms with Crippen molar-refractivity contribution in [2.45, 2.75) is 109 Å². The topological polar surface area (TPSA) is 78.9 Å². The molecule has 0 aliphatic heterocycles. The highest BCUT2D eigenvalue weighted by atomic mass is 32.3. The molecule has 0 heterocycles. The van der Waals surface area contributed by atoms with Crippen LogP contribution in [0.2, 0.25) is 0 Å². The molecule has 0 saturated heterocycles. The minimum atomic E-state index is -4.62. The van der Waals surface area contributed by atoms with Crippen molar-refractivity contribution in [1.29, 1.82) is 0 Å². The lowest BCUT2D eigenvalue weighted by molar-refractivity contribution is -0.144. The number of esters is 1. The van der Waals surface area contributed by atoms with E-state index in [0.29, 0.717) is 35.0 Å². The van der Waals surface area contributed by atoms with Crippen molar-refractivity contribution >= 4 is 40.0 Å². The van der Waals surface area contributed by atoms with E-state index in [1.807, 2.05) is 48.6 Å². The summed E-state index contributed by atoms with van der Waals surface area (Å²) in [6.45, 7) is 18.9. The van der Waals surface area contributed by atoms with Crippen LogP contribution >= 0.6 is 12.0 Å². The number of hydrogen-bond donors (Lipinski definition) is 0. The zero-order chi connectivity index (χ0) is 50.7. The molecule has 0 aromatic heterocycles. The van der Waals surface area contributed by atoms with Crippen molar-refractivity contribution in [3.8, 4) is 5.75 Å². The Kier molecular flexibility index (Phi) is 21.3. The van der Waals surface area contributed by atoms with Gasteiger partial charge in [0.1, 0.15) is 18.1 Å². The highest BCUT2D eigenvalue weighted by molar-refractivity contribution is 8.12. The predicted octanol–water partition coefficient (Wildman–Crippen LogP) is 16.0. The van der Waals surface area contributed by atoms with Gasteiger partial charge in [0.25, 0.3) is 4.33 Å². The zero-order valence-electron chi connectivity index (χ0n) is 42.3. The van der Waals surface area contributed by atoms with Crippen molar-refractivity contribution in [2.24, 2.45) is 23.7 Å². The second-order valence-corrected chi connectivity index (χ2v) is 22.8. The van der Waals surface area contributed by atoms with Gasteiger partial charge in [-0.2, -0.15) is 0 Å². The number of ether oxygens (including phenoxy) is 1. The SMILES string of the molecule is CC(=O)OC(/C=C/c1ccc(CC(C)C)cc1)c1ccc(CC(C)C)cc1.CC(C)Cc1ccc(/C=C/C(c2ccc(CC(C)C)cc2)C(F)(SOOc2ccccc2)S(=O)(=O)c2ccccc2)cc1. The van der Waals surface area contributed by atoms with Crippen LogP contribution in [0.1, 0.15) is 119 Å². The van der Waals surface area contributed by atoms with Gasteiger partial charge >= 0.3 is 5.97 Å². The van der Waals surface area contributed by atoms with Crippen molar-refractivity contribution in [3.05, 3.63) is 214 Å². The molecule has 3 atom stereocenters. The Hall–Kier alpha value is -5.74. The number of rotatable bonds is 22. The summed E-state index contributed by atoms with van der Waals surface area (Å²) in [7, 11) is -4.62. The fraction of sp³-hybridized carbons (Fsp3) is 0.328. The molecule has 370 valence electrons. The lowest BCUT2D eigenvalue weighted by Gasteiger charge is -2.30. The Morgan fingerprint density at radius 3 is 1.34 bits per heavy atom. The Labute approximate surface area is 422 Å². The van der Waals surface area contributed by atoms with Gasteiger partial charge in [-0.3, -0.25) is 4.79 Å². The number of allylic oxidation sites excluding steroid dienone is 1. The molecule has 0 aliphatic carbocycles. The fourth-order valence-electron chi connectivity index (χ4n) is 7.95. The van der Waals surface area contributed by atoms with Crippen molar-refractivity contribution in [2.75, 3.05) is 0 Å². The molecule has 0 spiro atoms. The lowest BCUT2D eigenvalue weighted by Crippen LogP contribution is -2.37. The Morgan fingerprint density at radius 1 is 0.543 bits per heavy atom. The van der Waals surface area contributed by atoms with Crippen LogP contribution in [0.25, 0.3) is 12.2 Å². The predicted molar refractivity (Wildman–Crippen MR) is 288 cm³/mol. The summed E-state index contributed by atoms with van der Waals surface area (Å²) in [4.78, 5) is 16.7. The van der Waals surface area contributed by atoms with Gasteiger partial charge in [0, 0.05) is 6.92 Å². The molecule has 0 N–H and O–H groups in total. The average Bonchev–Trinajstić information content (AvgIpc) is 3.32. The summed E-state index contributed by atoms with van der Waals surface area (Å²) >= 11 is 0.155. The van der Waals surface area contributed by atoms with Crippen LogP contribution in [0, 0.1) is 23.7 Å². The molecule has 0 saturated carbocycles. The van der Waals surface area contributed by atoms with Gasteiger partial charge in [0.05, 0.1) is 10.8 Å². The first-order chi connectivity index (χ1) is 33.4. The molecular weight excluding hydrogens is 912 g/mol. The molecule has 0 radical (unpaired) electrons. The molecule has 0 aliphatic rings. The van der Waals surface area contributed by atoms with Gasteiger partial charge in [-0.25, -0.2) is 12.8 Å². The molecule has 0 fully saturated rings. The van der Waals surface area contributed by atoms with Crippen molar-refractivity contribution in [3.63, 3.8) is 0 Å². The summed E-state index contributed by atoms with van der Waals surface area (Å²) in [5.41, 5.74) is 8.38. The molecule has 3 unspecified atom stereocenters. The number of carbonyl (C=O) groups is 1. The minimum absolute atomic E-state index is 0.152. The molecule has 6 aromatic carbocycles. The summed E-state index contributed by atoms with van der Waals surface area (Å²) in [5.74, 6) is 1.04. The Morgan fingerprint density at radius 2 is 0.929 bits per heavy atom. The first-order valence-corrected chi connectivity index (χ1v) is 26.6. The third kappa shape index (κ3) is 17.3. The number of halogens is 1. The fourth-order valence-corrected chi connectivity index (χ4v) is 10.6. The first kappa shape index (κ1) is 55.2. The molecule has 0 bridgehead atoms. The molecule has 6 nitrogen and oxygen atoms in total. The van der Waals surface area contributed by atoms with E-state index in [2.05, 4.69) is 104 Å². The van der Waals surface area contributed by atoms with E-state index in [4.69, 9.17) is 14.0 Å². The van der Waals surface area contributed by atoms with E-state index in [-0.39, 0.29) is 29.0 Å². The van der Waals surface area contributed by atoms with E-state index < -0.39 is 20.1 Å². The maximum absolute atomic E-state index is 17.6. The summed E-state index contributed by atoms with van der Waals surface area (Å²) < 4.78 is 53.7. The van der Waals surface area contributed by atoms with Gasteiger partial charge in [-0.15, -0.1) is 4.33 Å². The van der Waals surface area contributed by atoms with E-state index in [1.54, 1.807) is 72.8 Å².